The van der Waals surface area contributed by atoms with Crippen LogP contribution in [0.1, 0.15) is 24.1 Å². The normalized spacial score (nSPS) is 14.6. The summed E-state index contributed by atoms with van der Waals surface area (Å²) in [6, 6.07) is 17.2. The molecule has 0 unspecified atom stereocenters. The third kappa shape index (κ3) is 5.64. The number of thiazole rings is 1. The molecule has 1 amide bonds. The smallest absolute Gasteiger partial charge is 0.309 e. The molecule has 0 radical (unpaired) electrons. The fraction of sp³-hybridized carbons (Fsp3) is 0.240. The number of aromatic nitrogens is 1. The average Bonchev–Trinajstić information content (AvgIpc) is 3.31. The van der Waals surface area contributed by atoms with Gasteiger partial charge in [0, 0.05) is 30.1 Å². The summed E-state index contributed by atoms with van der Waals surface area (Å²) in [6.07, 6.45) is 4.61. The van der Waals surface area contributed by atoms with Crippen molar-refractivity contribution in [3.63, 3.8) is 0 Å². The van der Waals surface area contributed by atoms with Crippen molar-refractivity contribution in [1.82, 2.24) is 9.88 Å². The van der Waals surface area contributed by atoms with Crippen LogP contribution in [0.2, 0.25) is 5.02 Å². The minimum absolute atomic E-state index is 0.0322. The number of hydrogen-bond donors (Lipinski definition) is 0. The first-order valence-corrected chi connectivity index (χ1v) is 11.7. The van der Waals surface area contributed by atoms with Crippen molar-refractivity contribution in [1.29, 1.82) is 0 Å². The Balaban J connectivity index is 1.24. The Morgan fingerprint density at radius 3 is 2.56 bits per heavy atom. The zero-order chi connectivity index (χ0) is 22.3. The van der Waals surface area contributed by atoms with E-state index in [-0.39, 0.29) is 24.4 Å². The van der Waals surface area contributed by atoms with Gasteiger partial charge in [-0.3, -0.25) is 9.59 Å². The number of esters is 1. The molecule has 2 aromatic carbocycles. The van der Waals surface area contributed by atoms with Crippen LogP contribution in [-0.2, 0) is 20.9 Å². The number of carbonyl (C=O) groups excluding carboxylic acids is 2. The van der Waals surface area contributed by atoms with Gasteiger partial charge in [-0.1, -0.05) is 60.1 Å². The number of benzene rings is 2. The van der Waals surface area contributed by atoms with E-state index >= 15 is 0 Å². The van der Waals surface area contributed by atoms with Crippen LogP contribution in [0.5, 0.6) is 0 Å². The molecular weight excluding hydrogens is 444 g/mol. The summed E-state index contributed by atoms with van der Waals surface area (Å²) in [6.45, 7) is 1.23. The lowest BCUT2D eigenvalue weighted by Crippen LogP contribution is -2.39. The molecule has 0 saturated carbocycles. The minimum Gasteiger partial charge on any atom is -0.459 e. The van der Waals surface area contributed by atoms with E-state index in [0.29, 0.717) is 36.6 Å². The summed E-state index contributed by atoms with van der Waals surface area (Å²) >= 11 is 7.70. The fourth-order valence-corrected chi connectivity index (χ4v) is 4.69. The Morgan fingerprint density at radius 1 is 1.09 bits per heavy atom. The predicted molar refractivity (Wildman–Crippen MR) is 127 cm³/mol. The molecule has 0 bridgehead atoms. The quantitative estimate of drug-likeness (QED) is 0.357. The number of hydrogen-bond acceptors (Lipinski definition) is 5. The summed E-state index contributed by atoms with van der Waals surface area (Å²) in [5.41, 5.74) is 2.56. The fourth-order valence-electron chi connectivity index (χ4n) is 3.57. The zero-order valence-electron chi connectivity index (χ0n) is 17.4. The molecule has 0 N–H and O–H groups in total. The molecule has 32 heavy (non-hydrogen) atoms. The largest absolute Gasteiger partial charge is 0.459 e. The first-order valence-electron chi connectivity index (χ1n) is 10.5. The van der Waals surface area contributed by atoms with Crippen molar-refractivity contribution in [2.45, 2.75) is 19.4 Å². The van der Waals surface area contributed by atoms with Crippen LogP contribution in [0.4, 0.5) is 0 Å². The Morgan fingerprint density at radius 2 is 1.81 bits per heavy atom. The molecule has 0 spiro atoms. The van der Waals surface area contributed by atoms with E-state index in [1.165, 1.54) is 11.3 Å². The van der Waals surface area contributed by atoms with Gasteiger partial charge in [0.15, 0.2) is 0 Å². The third-order valence-corrected chi connectivity index (χ3v) is 6.63. The number of ether oxygens (including phenoxy) is 1. The molecule has 4 rings (SSSR count). The Kier molecular flexibility index (Phi) is 7.35. The number of nitrogens with zero attached hydrogens (tertiary/aromatic N) is 2. The van der Waals surface area contributed by atoms with E-state index in [4.69, 9.17) is 16.3 Å². The molecule has 0 aliphatic carbocycles. The van der Waals surface area contributed by atoms with Crippen molar-refractivity contribution in [2.75, 3.05) is 13.1 Å². The highest BCUT2D eigenvalue weighted by Crippen LogP contribution is 2.30. The third-order valence-electron chi connectivity index (χ3n) is 5.38. The van der Waals surface area contributed by atoms with Crippen molar-refractivity contribution in [3.05, 3.63) is 82.3 Å². The molecular formula is C25H23ClN2O3S. The summed E-state index contributed by atoms with van der Waals surface area (Å²) in [7, 11) is 0. The van der Waals surface area contributed by atoms with Gasteiger partial charge in [-0.15, -0.1) is 11.3 Å². The van der Waals surface area contributed by atoms with Gasteiger partial charge in [-0.05, 0) is 30.5 Å². The highest BCUT2D eigenvalue weighted by atomic mass is 35.5. The van der Waals surface area contributed by atoms with Gasteiger partial charge in [0.1, 0.15) is 11.6 Å². The molecule has 7 heteroatoms. The SMILES string of the molecule is O=C(OCc1csc(-c2ccccc2Cl)n1)C1CCN(C(=O)/C=C/c2ccccc2)CC1. The molecule has 3 aromatic rings. The molecule has 1 aromatic heterocycles. The second kappa shape index (κ2) is 10.6. The summed E-state index contributed by atoms with van der Waals surface area (Å²) < 4.78 is 5.50. The Bertz CT molecular complexity index is 1110. The standard InChI is InChI=1S/C25H23ClN2O3S/c26-22-9-5-4-8-21(22)24-27-20(17-32-24)16-31-25(30)19-12-14-28(15-13-19)23(29)11-10-18-6-2-1-3-7-18/h1-11,17,19H,12-16H2/b11-10+. The van der Waals surface area contributed by atoms with Crippen molar-refractivity contribution in [2.24, 2.45) is 5.92 Å². The van der Waals surface area contributed by atoms with Gasteiger partial charge in [-0.2, -0.15) is 0 Å². The number of piperidine rings is 1. The Labute approximate surface area is 196 Å². The lowest BCUT2D eigenvalue weighted by molar-refractivity contribution is -0.152. The second-order valence-electron chi connectivity index (χ2n) is 7.58. The van der Waals surface area contributed by atoms with Crippen LogP contribution in [-0.4, -0.2) is 34.8 Å². The minimum atomic E-state index is -0.232. The Hall–Kier alpha value is -2.96. The van der Waals surface area contributed by atoms with Crippen molar-refractivity contribution >= 4 is 40.9 Å². The lowest BCUT2D eigenvalue weighted by Gasteiger charge is -2.30. The molecule has 1 saturated heterocycles. The first-order chi connectivity index (χ1) is 15.6. The molecule has 1 fully saturated rings. The van der Waals surface area contributed by atoms with Crippen LogP contribution in [0, 0.1) is 5.92 Å². The molecule has 1 aliphatic rings. The first kappa shape index (κ1) is 22.2. The van der Waals surface area contributed by atoms with Gasteiger partial charge in [0.05, 0.1) is 16.6 Å². The van der Waals surface area contributed by atoms with E-state index in [1.54, 1.807) is 11.0 Å². The highest BCUT2D eigenvalue weighted by molar-refractivity contribution is 7.13. The lowest BCUT2D eigenvalue weighted by atomic mass is 9.97. The van der Waals surface area contributed by atoms with Crippen LogP contribution in [0.3, 0.4) is 0 Å². The molecule has 2 heterocycles. The van der Waals surface area contributed by atoms with E-state index in [1.807, 2.05) is 66.1 Å². The van der Waals surface area contributed by atoms with Crippen molar-refractivity contribution < 1.29 is 14.3 Å². The maximum atomic E-state index is 12.5. The predicted octanol–water partition coefficient (Wildman–Crippen LogP) is 5.46. The van der Waals surface area contributed by atoms with Gasteiger partial charge in [0.25, 0.3) is 0 Å². The van der Waals surface area contributed by atoms with E-state index in [0.717, 1.165) is 16.1 Å². The van der Waals surface area contributed by atoms with Crippen LogP contribution in [0.25, 0.3) is 16.6 Å². The summed E-state index contributed by atoms with van der Waals surface area (Å²) in [5.74, 6) is -0.460. The summed E-state index contributed by atoms with van der Waals surface area (Å²) in [4.78, 5) is 31.2. The topological polar surface area (TPSA) is 59.5 Å². The van der Waals surface area contributed by atoms with Gasteiger partial charge < -0.3 is 9.64 Å². The van der Waals surface area contributed by atoms with E-state index in [9.17, 15) is 9.59 Å². The zero-order valence-corrected chi connectivity index (χ0v) is 19.0. The molecule has 164 valence electrons. The van der Waals surface area contributed by atoms with E-state index in [2.05, 4.69) is 4.98 Å². The monoisotopic (exact) mass is 466 g/mol. The van der Waals surface area contributed by atoms with Gasteiger partial charge in [0.2, 0.25) is 5.91 Å². The van der Waals surface area contributed by atoms with Gasteiger partial charge in [-0.25, -0.2) is 4.98 Å². The molecule has 1 aliphatic heterocycles. The van der Waals surface area contributed by atoms with Crippen molar-refractivity contribution in [3.8, 4) is 10.6 Å². The maximum absolute atomic E-state index is 12.5. The summed E-state index contributed by atoms with van der Waals surface area (Å²) in [5, 5.41) is 3.33. The van der Waals surface area contributed by atoms with E-state index < -0.39 is 0 Å². The van der Waals surface area contributed by atoms with Crippen LogP contribution >= 0.6 is 22.9 Å². The maximum Gasteiger partial charge on any atom is 0.309 e. The average molecular weight is 467 g/mol. The number of amides is 1. The number of likely N-dealkylation sites (tertiary alicyclic amines) is 1. The van der Waals surface area contributed by atoms with Crippen LogP contribution < -0.4 is 0 Å². The number of halogens is 1. The van der Waals surface area contributed by atoms with Crippen LogP contribution in [0.15, 0.2) is 66.1 Å². The molecule has 0 atom stereocenters. The number of rotatable bonds is 6. The number of carbonyl (C=O) groups is 2. The second-order valence-corrected chi connectivity index (χ2v) is 8.84. The highest BCUT2D eigenvalue weighted by Gasteiger charge is 2.27. The van der Waals surface area contributed by atoms with Gasteiger partial charge >= 0.3 is 5.97 Å². The molecule has 5 nitrogen and oxygen atoms in total.